The first kappa shape index (κ1) is 10.4. The molecule has 0 atom stereocenters. The Balaban J connectivity index is 2.04. The van der Waals surface area contributed by atoms with E-state index in [-0.39, 0.29) is 0 Å². The van der Waals surface area contributed by atoms with Crippen LogP contribution in [0.4, 0.5) is 17.3 Å². The number of anilines is 3. The molecule has 0 saturated heterocycles. The van der Waals surface area contributed by atoms with Crippen LogP contribution in [0.3, 0.4) is 0 Å². The highest BCUT2D eigenvalue weighted by atomic mass is 15.1. The Morgan fingerprint density at radius 1 is 1.31 bits per heavy atom. The highest BCUT2D eigenvalue weighted by Crippen LogP contribution is 2.14. The van der Waals surface area contributed by atoms with Gasteiger partial charge in [-0.3, -0.25) is 0 Å². The SMILES string of the molecule is NCCNc1cc(Nc2cc[nH]c2)ncn1. The number of hydrogen-bond donors (Lipinski definition) is 4. The van der Waals surface area contributed by atoms with Crippen molar-refractivity contribution in [2.45, 2.75) is 0 Å². The van der Waals surface area contributed by atoms with E-state index in [1.807, 2.05) is 24.5 Å². The average molecular weight is 218 g/mol. The first-order chi connectivity index (χ1) is 7.88. The number of aromatic nitrogens is 3. The summed E-state index contributed by atoms with van der Waals surface area (Å²) in [5.41, 5.74) is 6.36. The molecule has 2 aromatic rings. The van der Waals surface area contributed by atoms with E-state index in [9.17, 15) is 0 Å². The molecule has 16 heavy (non-hydrogen) atoms. The Morgan fingerprint density at radius 2 is 2.19 bits per heavy atom. The minimum Gasteiger partial charge on any atom is -0.369 e. The van der Waals surface area contributed by atoms with Crippen LogP contribution in [0, 0.1) is 0 Å². The summed E-state index contributed by atoms with van der Waals surface area (Å²) in [7, 11) is 0. The van der Waals surface area contributed by atoms with Gasteiger partial charge in [-0.15, -0.1) is 0 Å². The number of nitrogens with one attached hydrogen (secondary N) is 3. The lowest BCUT2D eigenvalue weighted by Gasteiger charge is -2.06. The van der Waals surface area contributed by atoms with Gasteiger partial charge in [0.1, 0.15) is 18.0 Å². The van der Waals surface area contributed by atoms with Crippen molar-refractivity contribution in [3.8, 4) is 0 Å². The molecule has 0 amide bonds. The van der Waals surface area contributed by atoms with Crippen LogP contribution in [0.2, 0.25) is 0 Å². The van der Waals surface area contributed by atoms with Gasteiger partial charge in [-0.05, 0) is 6.07 Å². The van der Waals surface area contributed by atoms with Gasteiger partial charge in [-0.25, -0.2) is 9.97 Å². The third-order valence-electron chi connectivity index (χ3n) is 1.99. The number of rotatable bonds is 5. The van der Waals surface area contributed by atoms with Crippen molar-refractivity contribution >= 4 is 17.3 Å². The van der Waals surface area contributed by atoms with Crippen molar-refractivity contribution in [2.75, 3.05) is 23.7 Å². The summed E-state index contributed by atoms with van der Waals surface area (Å²) in [5.74, 6) is 1.51. The van der Waals surface area contributed by atoms with Crippen molar-refractivity contribution in [3.63, 3.8) is 0 Å². The van der Waals surface area contributed by atoms with Crippen molar-refractivity contribution < 1.29 is 0 Å². The molecule has 0 aliphatic rings. The van der Waals surface area contributed by atoms with E-state index in [1.165, 1.54) is 6.33 Å². The predicted molar refractivity (Wildman–Crippen MR) is 63.7 cm³/mol. The van der Waals surface area contributed by atoms with Crippen LogP contribution in [0.1, 0.15) is 0 Å². The first-order valence-electron chi connectivity index (χ1n) is 5.04. The maximum atomic E-state index is 5.40. The molecule has 0 unspecified atom stereocenters. The molecule has 2 rings (SSSR count). The standard InChI is InChI=1S/C10H14N6/c11-2-4-13-9-5-10(15-7-14-9)16-8-1-3-12-6-8/h1,3,5-7,12H,2,4,11H2,(H2,13,14,15,16). The van der Waals surface area contributed by atoms with Gasteiger partial charge >= 0.3 is 0 Å². The minimum absolute atomic E-state index is 0.574. The van der Waals surface area contributed by atoms with Crippen molar-refractivity contribution in [1.29, 1.82) is 0 Å². The van der Waals surface area contributed by atoms with Gasteiger partial charge in [0.25, 0.3) is 0 Å². The monoisotopic (exact) mass is 218 g/mol. The number of aromatic amines is 1. The Hall–Kier alpha value is -2.08. The predicted octanol–water partition coefficient (Wildman–Crippen LogP) is 0.919. The Kier molecular flexibility index (Phi) is 3.35. The molecular formula is C10H14N6. The normalized spacial score (nSPS) is 10.1. The lowest BCUT2D eigenvalue weighted by atomic mass is 10.4. The third kappa shape index (κ3) is 2.71. The molecule has 0 aliphatic heterocycles. The molecule has 0 aliphatic carbocycles. The van der Waals surface area contributed by atoms with Crippen LogP contribution in [-0.4, -0.2) is 28.0 Å². The van der Waals surface area contributed by atoms with E-state index in [2.05, 4.69) is 25.6 Å². The number of nitrogens with zero attached hydrogens (tertiary/aromatic N) is 2. The average Bonchev–Trinajstić information content (AvgIpc) is 2.80. The summed E-state index contributed by atoms with van der Waals surface area (Å²) < 4.78 is 0. The second kappa shape index (κ2) is 5.13. The summed E-state index contributed by atoms with van der Waals surface area (Å²) in [6.07, 6.45) is 5.21. The van der Waals surface area contributed by atoms with E-state index < -0.39 is 0 Å². The molecule has 0 bridgehead atoms. The van der Waals surface area contributed by atoms with Crippen LogP contribution in [-0.2, 0) is 0 Å². The lowest BCUT2D eigenvalue weighted by Crippen LogP contribution is -2.14. The Bertz CT molecular complexity index is 425. The van der Waals surface area contributed by atoms with Crippen molar-refractivity contribution in [3.05, 3.63) is 30.9 Å². The van der Waals surface area contributed by atoms with Crippen molar-refractivity contribution in [2.24, 2.45) is 5.73 Å². The second-order valence-corrected chi connectivity index (χ2v) is 3.23. The summed E-state index contributed by atoms with van der Waals surface area (Å²) >= 11 is 0. The highest BCUT2D eigenvalue weighted by Gasteiger charge is 1.98. The molecule has 0 fully saturated rings. The molecule has 0 aromatic carbocycles. The summed E-state index contributed by atoms with van der Waals surface area (Å²) in [5, 5.41) is 6.24. The number of hydrogen-bond acceptors (Lipinski definition) is 5. The van der Waals surface area contributed by atoms with Gasteiger partial charge in [-0.2, -0.15) is 0 Å². The molecular weight excluding hydrogens is 204 g/mol. The van der Waals surface area contributed by atoms with Crippen LogP contribution >= 0.6 is 0 Å². The molecule has 6 heteroatoms. The van der Waals surface area contributed by atoms with Crippen LogP contribution in [0.25, 0.3) is 0 Å². The summed E-state index contributed by atoms with van der Waals surface area (Å²) in [4.78, 5) is 11.2. The number of H-pyrrole nitrogens is 1. The Labute approximate surface area is 93.3 Å². The zero-order chi connectivity index (χ0) is 11.2. The largest absolute Gasteiger partial charge is 0.369 e. The summed E-state index contributed by atoms with van der Waals surface area (Å²) in [6, 6.07) is 3.76. The quantitative estimate of drug-likeness (QED) is 0.599. The fourth-order valence-electron chi connectivity index (χ4n) is 1.27. The van der Waals surface area contributed by atoms with Crippen LogP contribution in [0.5, 0.6) is 0 Å². The fourth-order valence-corrected chi connectivity index (χ4v) is 1.27. The molecule has 84 valence electrons. The molecule has 2 heterocycles. The highest BCUT2D eigenvalue weighted by molar-refractivity contribution is 5.57. The first-order valence-corrected chi connectivity index (χ1v) is 5.04. The topological polar surface area (TPSA) is 91.7 Å². The van der Waals surface area contributed by atoms with Gasteiger partial charge in [0, 0.05) is 31.5 Å². The number of nitrogens with two attached hydrogens (primary N) is 1. The molecule has 6 nitrogen and oxygen atoms in total. The maximum Gasteiger partial charge on any atom is 0.135 e. The van der Waals surface area contributed by atoms with Crippen LogP contribution in [0.15, 0.2) is 30.9 Å². The third-order valence-corrected chi connectivity index (χ3v) is 1.99. The van der Waals surface area contributed by atoms with Gasteiger partial charge in [0.15, 0.2) is 0 Å². The molecule has 0 spiro atoms. The molecule has 0 saturated carbocycles. The van der Waals surface area contributed by atoms with Crippen LogP contribution < -0.4 is 16.4 Å². The molecule has 5 N–H and O–H groups in total. The van der Waals surface area contributed by atoms with Gasteiger partial charge < -0.3 is 21.4 Å². The zero-order valence-electron chi connectivity index (χ0n) is 8.77. The zero-order valence-corrected chi connectivity index (χ0v) is 8.77. The van der Waals surface area contributed by atoms with Gasteiger partial charge in [-0.1, -0.05) is 0 Å². The van der Waals surface area contributed by atoms with E-state index >= 15 is 0 Å². The van der Waals surface area contributed by atoms with Gasteiger partial charge in [0.05, 0.1) is 5.69 Å². The minimum atomic E-state index is 0.574. The van der Waals surface area contributed by atoms with Crippen molar-refractivity contribution in [1.82, 2.24) is 15.0 Å². The van der Waals surface area contributed by atoms with E-state index in [4.69, 9.17) is 5.73 Å². The maximum absolute atomic E-state index is 5.40. The molecule has 0 radical (unpaired) electrons. The second-order valence-electron chi connectivity index (χ2n) is 3.23. The van der Waals surface area contributed by atoms with E-state index in [0.717, 1.165) is 17.3 Å². The smallest absolute Gasteiger partial charge is 0.135 e. The summed E-state index contributed by atoms with van der Waals surface area (Å²) in [6.45, 7) is 1.27. The molecule has 2 aromatic heterocycles. The lowest BCUT2D eigenvalue weighted by molar-refractivity contribution is 1.00. The van der Waals surface area contributed by atoms with E-state index in [0.29, 0.717) is 13.1 Å². The fraction of sp³-hybridized carbons (Fsp3) is 0.200. The van der Waals surface area contributed by atoms with Gasteiger partial charge in [0.2, 0.25) is 0 Å². The Morgan fingerprint density at radius 3 is 2.94 bits per heavy atom. The van der Waals surface area contributed by atoms with E-state index in [1.54, 1.807) is 0 Å².